The standard InChI is InChI=1S/C16H33N3O/c1-5-15(3)13-18(4)8-7-9-19-10-11-20-16(14-19)12-17-6-2/h16-17H,3,5-14H2,1-2,4H3/t16-/m1/s1. The van der Waals surface area contributed by atoms with Gasteiger partial charge >= 0.3 is 0 Å². The second kappa shape index (κ2) is 10.3. The Balaban J connectivity index is 2.13. The SMILES string of the molecule is C=C(CC)CN(C)CCCN1CCO[C@H](CNCC)C1. The van der Waals surface area contributed by atoms with Crippen molar-refractivity contribution in [2.24, 2.45) is 0 Å². The fourth-order valence-corrected chi connectivity index (χ4v) is 2.55. The fourth-order valence-electron chi connectivity index (χ4n) is 2.55. The van der Waals surface area contributed by atoms with Crippen LogP contribution in [0.1, 0.15) is 26.7 Å². The number of rotatable bonds is 10. The second-order valence-electron chi connectivity index (χ2n) is 5.80. The van der Waals surface area contributed by atoms with Crippen LogP contribution >= 0.6 is 0 Å². The summed E-state index contributed by atoms with van der Waals surface area (Å²) < 4.78 is 5.78. The van der Waals surface area contributed by atoms with Crippen LogP contribution in [0.2, 0.25) is 0 Å². The third-order valence-corrected chi connectivity index (χ3v) is 3.85. The van der Waals surface area contributed by atoms with Crippen LogP contribution in [-0.2, 0) is 4.74 Å². The summed E-state index contributed by atoms with van der Waals surface area (Å²) in [7, 11) is 2.19. The van der Waals surface area contributed by atoms with E-state index in [2.05, 4.69) is 42.6 Å². The lowest BCUT2D eigenvalue weighted by Crippen LogP contribution is -2.47. The molecule has 0 spiro atoms. The molecule has 0 aromatic carbocycles. The number of nitrogens with one attached hydrogen (secondary N) is 1. The number of ether oxygens (including phenoxy) is 1. The van der Waals surface area contributed by atoms with Crippen molar-refractivity contribution in [3.05, 3.63) is 12.2 Å². The third-order valence-electron chi connectivity index (χ3n) is 3.85. The molecule has 0 amide bonds. The Bertz CT molecular complexity index is 270. The largest absolute Gasteiger partial charge is 0.374 e. The van der Waals surface area contributed by atoms with Crippen molar-refractivity contribution in [1.82, 2.24) is 15.1 Å². The quantitative estimate of drug-likeness (QED) is 0.616. The van der Waals surface area contributed by atoms with Crippen LogP contribution in [0.3, 0.4) is 0 Å². The molecule has 4 nitrogen and oxygen atoms in total. The number of likely N-dealkylation sites (N-methyl/N-ethyl adjacent to an activating group) is 2. The Hall–Kier alpha value is -0.420. The van der Waals surface area contributed by atoms with Crippen molar-refractivity contribution in [1.29, 1.82) is 0 Å². The third kappa shape index (κ3) is 7.39. The summed E-state index contributed by atoms with van der Waals surface area (Å²) >= 11 is 0. The first-order valence-electron chi connectivity index (χ1n) is 8.05. The summed E-state index contributed by atoms with van der Waals surface area (Å²) in [5.74, 6) is 0. The minimum Gasteiger partial charge on any atom is -0.374 e. The molecule has 1 N–H and O–H groups in total. The van der Waals surface area contributed by atoms with Crippen molar-refractivity contribution in [2.45, 2.75) is 32.8 Å². The zero-order chi connectivity index (χ0) is 14.8. The van der Waals surface area contributed by atoms with E-state index in [1.165, 1.54) is 18.5 Å². The van der Waals surface area contributed by atoms with Crippen LogP contribution in [-0.4, -0.2) is 75.4 Å². The molecule has 0 aromatic heterocycles. The van der Waals surface area contributed by atoms with E-state index in [1.54, 1.807) is 0 Å². The highest BCUT2D eigenvalue weighted by atomic mass is 16.5. The molecule has 118 valence electrons. The van der Waals surface area contributed by atoms with E-state index < -0.39 is 0 Å². The minimum absolute atomic E-state index is 0.362. The van der Waals surface area contributed by atoms with Gasteiger partial charge in [0.1, 0.15) is 0 Å². The maximum Gasteiger partial charge on any atom is 0.0826 e. The maximum absolute atomic E-state index is 5.78. The highest BCUT2D eigenvalue weighted by Gasteiger charge is 2.19. The first-order valence-corrected chi connectivity index (χ1v) is 8.05. The van der Waals surface area contributed by atoms with E-state index in [0.29, 0.717) is 6.10 Å². The van der Waals surface area contributed by atoms with Gasteiger partial charge in [0.05, 0.1) is 12.7 Å². The Morgan fingerprint density at radius 2 is 2.25 bits per heavy atom. The van der Waals surface area contributed by atoms with Crippen LogP contribution in [0.25, 0.3) is 0 Å². The van der Waals surface area contributed by atoms with Gasteiger partial charge in [-0.15, -0.1) is 0 Å². The molecule has 0 unspecified atom stereocenters. The fraction of sp³-hybridized carbons (Fsp3) is 0.875. The molecule has 0 aliphatic carbocycles. The maximum atomic E-state index is 5.78. The Labute approximate surface area is 125 Å². The first kappa shape index (κ1) is 17.6. The molecular weight excluding hydrogens is 250 g/mol. The van der Waals surface area contributed by atoms with Crippen molar-refractivity contribution in [3.63, 3.8) is 0 Å². The predicted octanol–water partition coefficient (Wildman–Crippen LogP) is 1.58. The van der Waals surface area contributed by atoms with Gasteiger partial charge in [-0.2, -0.15) is 0 Å². The minimum atomic E-state index is 0.362. The summed E-state index contributed by atoms with van der Waals surface area (Å²) in [6.07, 6.45) is 2.67. The monoisotopic (exact) mass is 283 g/mol. The summed E-state index contributed by atoms with van der Waals surface area (Å²) in [5.41, 5.74) is 1.32. The van der Waals surface area contributed by atoms with Gasteiger partial charge in [0.2, 0.25) is 0 Å². The van der Waals surface area contributed by atoms with E-state index in [0.717, 1.165) is 52.3 Å². The normalized spacial score (nSPS) is 20.5. The van der Waals surface area contributed by atoms with Gasteiger partial charge in [0, 0.05) is 26.2 Å². The molecule has 1 saturated heterocycles. The van der Waals surface area contributed by atoms with E-state index >= 15 is 0 Å². The molecule has 1 aliphatic heterocycles. The zero-order valence-electron chi connectivity index (χ0n) is 13.7. The van der Waals surface area contributed by atoms with Gasteiger partial charge in [0.15, 0.2) is 0 Å². The molecule has 1 heterocycles. The number of nitrogens with zero attached hydrogens (tertiary/aromatic N) is 2. The molecule has 0 saturated carbocycles. The van der Waals surface area contributed by atoms with Crippen LogP contribution in [0.15, 0.2) is 12.2 Å². The van der Waals surface area contributed by atoms with Gasteiger partial charge in [0.25, 0.3) is 0 Å². The topological polar surface area (TPSA) is 27.7 Å². The highest BCUT2D eigenvalue weighted by molar-refractivity contribution is 4.95. The number of morpholine rings is 1. The lowest BCUT2D eigenvalue weighted by molar-refractivity contribution is -0.0274. The Kier molecular flexibility index (Phi) is 9.10. The molecule has 1 aliphatic rings. The van der Waals surface area contributed by atoms with Gasteiger partial charge in [-0.3, -0.25) is 4.90 Å². The molecule has 0 radical (unpaired) electrons. The number of hydrogen-bond donors (Lipinski definition) is 1. The Morgan fingerprint density at radius 1 is 1.45 bits per heavy atom. The predicted molar refractivity (Wildman–Crippen MR) is 86.3 cm³/mol. The van der Waals surface area contributed by atoms with Gasteiger partial charge in [-0.1, -0.05) is 26.0 Å². The summed E-state index contributed by atoms with van der Waals surface area (Å²) in [4.78, 5) is 4.91. The van der Waals surface area contributed by atoms with Crippen molar-refractivity contribution in [2.75, 3.05) is 59.5 Å². The molecule has 4 heteroatoms. The van der Waals surface area contributed by atoms with Crippen molar-refractivity contribution in [3.8, 4) is 0 Å². The van der Waals surface area contributed by atoms with E-state index in [9.17, 15) is 0 Å². The lowest BCUT2D eigenvalue weighted by Gasteiger charge is -2.33. The van der Waals surface area contributed by atoms with E-state index in [-0.39, 0.29) is 0 Å². The van der Waals surface area contributed by atoms with Crippen LogP contribution in [0, 0.1) is 0 Å². The van der Waals surface area contributed by atoms with Crippen molar-refractivity contribution >= 4 is 0 Å². The van der Waals surface area contributed by atoms with E-state index in [1.807, 2.05) is 0 Å². The lowest BCUT2D eigenvalue weighted by atomic mass is 10.2. The van der Waals surface area contributed by atoms with Crippen LogP contribution in [0.4, 0.5) is 0 Å². The van der Waals surface area contributed by atoms with Crippen molar-refractivity contribution < 1.29 is 4.74 Å². The summed E-state index contributed by atoms with van der Waals surface area (Å²) in [5, 5.41) is 3.37. The first-order chi connectivity index (χ1) is 9.65. The van der Waals surface area contributed by atoms with Gasteiger partial charge in [-0.05, 0) is 39.5 Å². The molecule has 0 aromatic rings. The van der Waals surface area contributed by atoms with E-state index in [4.69, 9.17) is 4.74 Å². The molecule has 1 atom stereocenters. The van der Waals surface area contributed by atoms with Crippen LogP contribution in [0.5, 0.6) is 0 Å². The average Bonchev–Trinajstić information content (AvgIpc) is 2.45. The molecule has 20 heavy (non-hydrogen) atoms. The Morgan fingerprint density at radius 3 is 2.95 bits per heavy atom. The molecule has 0 bridgehead atoms. The number of hydrogen-bond acceptors (Lipinski definition) is 4. The van der Waals surface area contributed by atoms with Gasteiger partial charge < -0.3 is 15.0 Å². The zero-order valence-corrected chi connectivity index (χ0v) is 13.7. The van der Waals surface area contributed by atoms with Crippen LogP contribution < -0.4 is 5.32 Å². The molecule has 1 fully saturated rings. The summed E-state index contributed by atoms with van der Waals surface area (Å²) in [6.45, 7) is 16.8. The highest BCUT2D eigenvalue weighted by Crippen LogP contribution is 2.06. The molecule has 1 rings (SSSR count). The average molecular weight is 283 g/mol. The molecular formula is C16H33N3O. The van der Waals surface area contributed by atoms with Gasteiger partial charge in [-0.25, -0.2) is 0 Å². The smallest absolute Gasteiger partial charge is 0.0826 e. The second-order valence-corrected chi connectivity index (χ2v) is 5.80. The summed E-state index contributed by atoms with van der Waals surface area (Å²) in [6, 6.07) is 0.